The molecule has 0 heterocycles. The first kappa shape index (κ1) is 15.7. The number of aliphatic hydroxyl groups is 1. The van der Waals surface area contributed by atoms with E-state index in [0.717, 1.165) is 12.8 Å². The number of hydrogen-bond donors (Lipinski definition) is 3. The molecule has 0 spiro atoms. The average molecular weight is 246 g/mol. The molecular weight excluding hydrogens is 224 g/mol. The van der Waals surface area contributed by atoms with Crippen LogP contribution in [-0.2, 0) is 4.79 Å². The van der Waals surface area contributed by atoms with Gasteiger partial charge in [-0.3, -0.25) is 0 Å². The number of amides is 2. The molecule has 0 saturated carbocycles. The number of rotatable bonds is 7. The Hall–Kier alpha value is -1.30. The van der Waals surface area contributed by atoms with E-state index in [1.807, 2.05) is 13.8 Å². The largest absolute Gasteiger partial charge is 0.480 e. The van der Waals surface area contributed by atoms with Gasteiger partial charge in [-0.15, -0.1) is 0 Å². The van der Waals surface area contributed by atoms with E-state index in [1.54, 1.807) is 7.05 Å². The highest BCUT2D eigenvalue weighted by Crippen LogP contribution is 2.04. The lowest BCUT2D eigenvalue weighted by atomic mass is 10.2. The fourth-order valence-corrected chi connectivity index (χ4v) is 1.45. The first-order valence-electron chi connectivity index (χ1n) is 5.81. The molecule has 2 unspecified atom stereocenters. The third-order valence-corrected chi connectivity index (χ3v) is 2.70. The maximum absolute atomic E-state index is 11.7. The van der Waals surface area contributed by atoms with Crippen LogP contribution in [0.4, 0.5) is 4.79 Å². The van der Waals surface area contributed by atoms with Gasteiger partial charge in [0.25, 0.3) is 0 Å². The van der Waals surface area contributed by atoms with E-state index in [0.29, 0.717) is 0 Å². The van der Waals surface area contributed by atoms with Crippen molar-refractivity contribution in [1.82, 2.24) is 10.2 Å². The van der Waals surface area contributed by atoms with Crippen LogP contribution in [0.15, 0.2) is 0 Å². The molecule has 0 aromatic carbocycles. The van der Waals surface area contributed by atoms with Crippen LogP contribution in [-0.4, -0.2) is 52.9 Å². The van der Waals surface area contributed by atoms with Crippen LogP contribution < -0.4 is 5.32 Å². The van der Waals surface area contributed by atoms with Gasteiger partial charge in [0.15, 0.2) is 0 Å². The molecule has 17 heavy (non-hydrogen) atoms. The van der Waals surface area contributed by atoms with E-state index in [4.69, 9.17) is 10.2 Å². The van der Waals surface area contributed by atoms with Crippen molar-refractivity contribution in [2.45, 2.75) is 45.2 Å². The van der Waals surface area contributed by atoms with Gasteiger partial charge in [-0.2, -0.15) is 0 Å². The summed E-state index contributed by atoms with van der Waals surface area (Å²) in [5.74, 6) is -1.14. The van der Waals surface area contributed by atoms with Crippen LogP contribution in [0.3, 0.4) is 0 Å². The molecule has 0 aromatic heterocycles. The highest BCUT2D eigenvalue weighted by Gasteiger charge is 2.22. The van der Waals surface area contributed by atoms with Gasteiger partial charge in [0.05, 0.1) is 0 Å². The molecule has 0 fully saturated rings. The molecule has 6 heteroatoms. The zero-order chi connectivity index (χ0) is 13.4. The van der Waals surface area contributed by atoms with Crippen molar-refractivity contribution < 1.29 is 19.8 Å². The summed E-state index contributed by atoms with van der Waals surface area (Å²) in [5.41, 5.74) is 0. The number of aliphatic hydroxyl groups excluding tert-OH is 1. The maximum atomic E-state index is 11.7. The second-order valence-electron chi connectivity index (χ2n) is 4.10. The van der Waals surface area contributed by atoms with Gasteiger partial charge in [0.2, 0.25) is 0 Å². The van der Waals surface area contributed by atoms with Crippen LogP contribution in [0.5, 0.6) is 0 Å². The Bertz CT molecular complexity index is 258. The summed E-state index contributed by atoms with van der Waals surface area (Å²) < 4.78 is 0. The van der Waals surface area contributed by atoms with Crippen molar-refractivity contribution in [3.8, 4) is 0 Å². The second kappa shape index (κ2) is 7.89. The van der Waals surface area contributed by atoms with Gasteiger partial charge in [0.1, 0.15) is 6.04 Å². The number of nitrogens with zero attached hydrogens (tertiary/aromatic N) is 1. The molecule has 2 atom stereocenters. The Morgan fingerprint density at radius 2 is 1.94 bits per heavy atom. The van der Waals surface area contributed by atoms with E-state index >= 15 is 0 Å². The summed E-state index contributed by atoms with van der Waals surface area (Å²) in [6.45, 7) is 3.66. The molecule has 6 nitrogen and oxygen atoms in total. The zero-order valence-corrected chi connectivity index (χ0v) is 10.6. The van der Waals surface area contributed by atoms with E-state index in [2.05, 4.69) is 5.32 Å². The summed E-state index contributed by atoms with van der Waals surface area (Å²) in [5, 5.41) is 19.9. The molecule has 0 aromatic rings. The molecule has 0 radical (unpaired) electrons. The summed E-state index contributed by atoms with van der Waals surface area (Å²) in [6.07, 6.45) is 1.83. The van der Waals surface area contributed by atoms with E-state index in [1.165, 1.54) is 4.90 Å². The predicted octanol–water partition coefficient (Wildman–Crippen LogP) is 0.652. The predicted molar refractivity (Wildman–Crippen MR) is 63.8 cm³/mol. The van der Waals surface area contributed by atoms with Crippen LogP contribution >= 0.6 is 0 Å². The first-order chi connectivity index (χ1) is 7.93. The third kappa shape index (κ3) is 5.53. The number of aliphatic carboxylic acids is 1. The van der Waals surface area contributed by atoms with Crippen molar-refractivity contribution in [2.75, 3.05) is 13.7 Å². The molecule has 0 saturated heterocycles. The van der Waals surface area contributed by atoms with Gasteiger partial charge < -0.3 is 20.4 Å². The quantitative estimate of drug-likeness (QED) is 0.615. The molecular formula is C11H22N2O4. The van der Waals surface area contributed by atoms with Crippen LogP contribution in [0.1, 0.15) is 33.1 Å². The van der Waals surface area contributed by atoms with Gasteiger partial charge >= 0.3 is 12.0 Å². The molecule has 0 aliphatic carbocycles. The summed E-state index contributed by atoms with van der Waals surface area (Å²) in [6, 6.07) is -1.40. The second-order valence-corrected chi connectivity index (χ2v) is 4.10. The van der Waals surface area contributed by atoms with Crippen LogP contribution in [0, 0.1) is 0 Å². The van der Waals surface area contributed by atoms with Gasteiger partial charge in [-0.1, -0.05) is 13.3 Å². The summed E-state index contributed by atoms with van der Waals surface area (Å²) in [4.78, 5) is 24.0. The minimum atomic E-state index is -1.14. The fraction of sp³-hybridized carbons (Fsp3) is 0.818. The number of carboxylic acid groups (broad SMARTS) is 1. The minimum absolute atomic E-state index is 0.0110. The SMILES string of the molecule is CCCC(C)N(C)C(=O)NC(CCO)C(=O)O. The first-order valence-corrected chi connectivity index (χ1v) is 5.81. The standard InChI is InChI=1S/C11H22N2O4/c1-4-5-8(2)13(3)11(17)12-9(6-7-14)10(15)16/h8-9,14H,4-7H2,1-3H3,(H,12,17)(H,15,16). The number of carbonyl (C=O) groups excluding carboxylic acids is 1. The Labute approximate surface area is 102 Å². The topological polar surface area (TPSA) is 89.9 Å². The third-order valence-electron chi connectivity index (χ3n) is 2.70. The lowest BCUT2D eigenvalue weighted by Gasteiger charge is -2.26. The number of nitrogens with one attached hydrogen (secondary N) is 1. The van der Waals surface area contributed by atoms with Crippen molar-refractivity contribution >= 4 is 12.0 Å². The lowest BCUT2D eigenvalue weighted by Crippen LogP contribution is -2.49. The molecule has 2 amide bonds. The van der Waals surface area contributed by atoms with Crippen molar-refractivity contribution in [1.29, 1.82) is 0 Å². The highest BCUT2D eigenvalue weighted by molar-refractivity contribution is 5.82. The molecule has 100 valence electrons. The van der Waals surface area contributed by atoms with Gasteiger partial charge in [-0.05, 0) is 13.3 Å². The van der Waals surface area contributed by atoms with Crippen LogP contribution in [0.25, 0.3) is 0 Å². The van der Waals surface area contributed by atoms with Gasteiger partial charge in [0, 0.05) is 26.1 Å². The number of carboxylic acids is 1. The van der Waals surface area contributed by atoms with Crippen molar-refractivity contribution in [3.63, 3.8) is 0 Å². The molecule has 3 N–H and O–H groups in total. The number of carbonyl (C=O) groups is 2. The lowest BCUT2D eigenvalue weighted by molar-refractivity contribution is -0.139. The highest BCUT2D eigenvalue weighted by atomic mass is 16.4. The average Bonchev–Trinajstić information content (AvgIpc) is 2.27. The summed E-state index contributed by atoms with van der Waals surface area (Å²) >= 11 is 0. The molecule has 0 aliphatic rings. The summed E-state index contributed by atoms with van der Waals surface area (Å²) in [7, 11) is 1.63. The Kier molecular flexibility index (Phi) is 7.29. The van der Waals surface area contributed by atoms with E-state index in [9.17, 15) is 9.59 Å². The van der Waals surface area contributed by atoms with Crippen LogP contribution in [0.2, 0.25) is 0 Å². The molecule has 0 bridgehead atoms. The number of hydrogen-bond acceptors (Lipinski definition) is 3. The number of urea groups is 1. The van der Waals surface area contributed by atoms with Crippen molar-refractivity contribution in [2.24, 2.45) is 0 Å². The van der Waals surface area contributed by atoms with E-state index < -0.39 is 18.0 Å². The Balaban J connectivity index is 4.34. The Morgan fingerprint density at radius 3 is 2.35 bits per heavy atom. The minimum Gasteiger partial charge on any atom is -0.480 e. The normalized spacial score (nSPS) is 13.9. The zero-order valence-electron chi connectivity index (χ0n) is 10.6. The maximum Gasteiger partial charge on any atom is 0.326 e. The fourth-order valence-electron chi connectivity index (χ4n) is 1.45. The van der Waals surface area contributed by atoms with Crippen molar-refractivity contribution in [3.05, 3.63) is 0 Å². The monoisotopic (exact) mass is 246 g/mol. The molecule has 0 rings (SSSR count). The Morgan fingerprint density at radius 1 is 1.35 bits per heavy atom. The van der Waals surface area contributed by atoms with E-state index in [-0.39, 0.29) is 19.1 Å². The van der Waals surface area contributed by atoms with Gasteiger partial charge in [-0.25, -0.2) is 9.59 Å². The molecule has 0 aliphatic heterocycles. The smallest absolute Gasteiger partial charge is 0.326 e.